The zero-order valence-electron chi connectivity index (χ0n) is 15.5. The van der Waals surface area contributed by atoms with Gasteiger partial charge in [-0.1, -0.05) is 12.1 Å². The lowest BCUT2D eigenvalue weighted by atomic mass is 10.0. The number of ketones is 1. The second-order valence-corrected chi connectivity index (χ2v) is 7.27. The number of Topliss-reactive ketones (excluding diaryl/α,β-unsaturated/α-hetero) is 1. The molecule has 5 heteroatoms. The van der Waals surface area contributed by atoms with Crippen molar-refractivity contribution in [3.63, 3.8) is 0 Å². The maximum absolute atomic E-state index is 12.2. The molecule has 0 saturated carbocycles. The number of carbonyl (C=O) groups is 3. The summed E-state index contributed by atoms with van der Waals surface area (Å²) in [5.74, 6) is -0.478. The van der Waals surface area contributed by atoms with E-state index in [-0.39, 0.29) is 42.5 Å². The van der Waals surface area contributed by atoms with Crippen molar-refractivity contribution in [1.82, 2.24) is 10.2 Å². The first-order chi connectivity index (χ1) is 11.0. The number of carbonyl (C=O) groups excluding carboxylic acids is 3. The van der Waals surface area contributed by atoms with E-state index in [4.69, 9.17) is 0 Å². The summed E-state index contributed by atoms with van der Waals surface area (Å²) >= 11 is 0. The van der Waals surface area contributed by atoms with E-state index in [0.29, 0.717) is 5.56 Å². The van der Waals surface area contributed by atoms with E-state index in [1.807, 2.05) is 46.8 Å². The monoisotopic (exact) mass is 332 g/mol. The minimum Gasteiger partial charge on any atom is -0.350 e. The normalized spacial score (nSPS) is 11.1. The van der Waals surface area contributed by atoms with Crippen LogP contribution in [0, 0.1) is 13.8 Å². The van der Waals surface area contributed by atoms with Crippen LogP contribution in [0.25, 0.3) is 0 Å². The molecule has 0 saturated heterocycles. The highest BCUT2D eigenvalue weighted by Gasteiger charge is 2.18. The molecule has 1 rings (SSSR count). The molecule has 2 amide bonds. The summed E-state index contributed by atoms with van der Waals surface area (Å²) in [6.07, 6.45) is 0.248. The maximum atomic E-state index is 12.2. The van der Waals surface area contributed by atoms with Crippen molar-refractivity contribution in [2.75, 3.05) is 13.6 Å². The van der Waals surface area contributed by atoms with Crippen LogP contribution in [0.5, 0.6) is 0 Å². The lowest BCUT2D eigenvalue weighted by Gasteiger charge is -2.23. The van der Waals surface area contributed by atoms with Crippen molar-refractivity contribution in [3.05, 3.63) is 34.9 Å². The van der Waals surface area contributed by atoms with Gasteiger partial charge in [-0.05, 0) is 51.8 Å². The fourth-order valence-corrected chi connectivity index (χ4v) is 2.23. The highest BCUT2D eigenvalue weighted by Crippen LogP contribution is 2.13. The van der Waals surface area contributed by atoms with Gasteiger partial charge in [-0.3, -0.25) is 14.4 Å². The largest absolute Gasteiger partial charge is 0.350 e. The van der Waals surface area contributed by atoms with Gasteiger partial charge in [-0.15, -0.1) is 0 Å². The molecule has 24 heavy (non-hydrogen) atoms. The van der Waals surface area contributed by atoms with Gasteiger partial charge in [0.05, 0.1) is 6.54 Å². The van der Waals surface area contributed by atoms with Gasteiger partial charge < -0.3 is 10.2 Å². The lowest BCUT2D eigenvalue weighted by molar-refractivity contribution is -0.135. The summed E-state index contributed by atoms with van der Waals surface area (Å²) in [5, 5.41) is 2.81. The molecule has 5 nitrogen and oxygen atoms in total. The van der Waals surface area contributed by atoms with E-state index in [1.54, 1.807) is 13.1 Å². The standard InChI is InChI=1S/C19H28N2O3/c1-13-7-8-15(11-14(13)2)16(22)9-10-18(24)21(6)12-17(23)20-19(3,4)5/h7-8,11H,9-10,12H2,1-6H3,(H,20,23). The molecule has 1 N–H and O–H groups in total. The van der Waals surface area contributed by atoms with Crippen LogP contribution in [0.1, 0.15) is 55.1 Å². The number of rotatable bonds is 6. The molecule has 0 unspecified atom stereocenters. The van der Waals surface area contributed by atoms with Crippen molar-refractivity contribution in [2.24, 2.45) is 0 Å². The van der Waals surface area contributed by atoms with Gasteiger partial charge in [0.25, 0.3) is 0 Å². The van der Waals surface area contributed by atoms with Crippen LogP contribution in [0.4, 0.5) is 0 Å². The summed E-state index contributed by atoms with van der Waals surface area (Å²) in [4.78, 5) is 37.5. The summed E-state index contributed by atoms with van der Waals surface area (Å²) < 4.78 is 0. The first kappa shape index (κ1) is 19.9. The van der Waals surface area contributed by atoms with Crippen molar-refractivity contribution in [2.45, 2.75) is 53.0 Å². The number of nitrogens with zero attached hydrogens (tertiary/aromatic N) is 1. The number of nitrogens with one attached hydrogen (secondary N) is 1. The van der Waals surface area contributed by atoms with Gasteiger partial charge in [-0.2, -0.15) is 0 Å². The third-order valence-corrected chi connectivity index (χ3v) is 3.72. The first-order valence-electron chi connectivity index (χ1n) is 8.15. The number of hydrogen-bond donors (Lipinski definition) is 1. The van der Waals surface area contributed by atoms with Crippen LogP contribution in [-0.2, 0) is 9.59 Å². The van der Waals surface area contributed by atoms with Gasteiger partial charge in [0, 0.05) is 31.0 Å². The molecule has 0 bridgehead atoms. The second-order valence-electron chi connectivity index (χ2n) is 7.27. The minimum absolute atomic E-state index is 0.00602. The second kappa shape index (κ2) is 8.08. The zero-order chi connectivity index (χ0) is 18.5. The highest BCUT2D eigenvalue weighted by atomic mass is 16.2. The maximum Gasteiger partial charge on any atom is 0.240 e. The van der Waals surface area contributed by atoms with E-state index in [9.17, 15) is 14.4 Å². The number of amides is 2. The Kier molecular flexibility index (Phi) is 6.70. The Hall–Kier alpha value is -2.17. The average Bonchev–Trinajstić information content (AvgIpc) is 2.45. The first-order valence-corrected chi connectivity index (χ1v) is 8.15. The molecule has 0 spiro atoms. The predicted molar refractivity (Wildman–Crippen MR) is 95.0 cm³/mol. The van der Waals surface area contributed by atoms with Crippen LogP contribution in [-0.4, -0.2) is 41.6 Å². The fourth-order valence-electron chi connectivity index (χ4n) is 2.23. The van der Waals surface area contributed by atoms with Gasteiger partial charge in [0.15, 0.2) is 5.78 Å². The highest BCUT2D eigenvalue weighted by molar-refractivity contribution is 5.98. The molecular weight excluding hydrogens is 304 g/mol. The van der Waals surface area contributed by atoms with E-state index in [1.165, 1.54) is 4.90 Å². The molecule has 0 atom stereocenters. The molecule has 0 aromatic heterocycles. The van der Waals surface area contributed by atoms with Crippen molar-refractivity contribution in [3.8, 4) is 0 Å². The number of hydrogen-bond acceptors (Lipinski definition) is 3. The third kappa shape index (κ3) is 6.52. The average molecular weight is 332 g/mol. The molecule has 0 radical (unpaired) electrons. The molecular formula is C19H28N2O3. The fraction of sp³-hybridized carbons (Fsp3) is 0.526. The molecule has 1 aromatic rings. The van der Waals surface area contributed by atoms with Crippen LogP contribution >= 0.6 is 0 Å². The van der Waals surface area contributed by atoms with Crippen LogP contribution < -0.4 is 5.32 Å². The third-order valence-electron chi connectivity index (χ3n) is 3.72. The Bertz CT molecular complexity index is 630. The van der Waals surface area contributed by atoms with Gasteiger partial charge >= 0.3 is 0 Å². The zero-order valence-corrected chi connectivity index (χ0v) is 15.5. The number of aryl methyl sites for hydroxylation is 2. The van der Waals surface area contributed by atoms with E-state index in [0.717, 1.165) is 11.1 Å². The molecule has 132 valence electrons. The Morgan fingerprint density at radius 1 is 1.04 bits per heavy atom. The Balaban J connectivity index is 2.51. The molecule has 0 heterocycles. The minimum atomic E-state index is -0.333. The van der Waals surface area contributed by atoms with Crippen LogP contribution in [0.15, 0.2) is 18.2 Å². The Morgan fingerprint density at radius 2 is 1.67 bits per heavy atom. The topological polar surface area (TPSA) is 66.5 Å². The Morgan fingerprint density at radius 3 is 2.21 bits per heavy atom. The quantitative estimate of drug-likeness (QED) is 0.814. The summed E-state index contributed by atoms with van der Waals surface area (Å²) in [6, 6.07) is 5.55. The van der Waals surface area contributed by atoms with Gasteiger partial charge in [0.1, 0.15) is 0 Å². The summed E-state index contributed by atoms with van der Waals surface area (Å²) in [6.45, 7) is 9.59. The Labute approximate surface area is 144 Å². The van der Waals surface area contributed by atoms with Gasteiger partial charge in [-0.25, -0.2) is 0 Å². The molecule has 1 aromatic carbocycles. The van der Waals surface area contributed by atoms with E-state index in [2.05, 4.69) is 5.32 Å². The van der Waals surface area contributed by atoms with Crippen molar-refractivity contribution >= 4 is 17.6 Å². The number of likely N-dealkylation sites (N-methyl/N-ethyl adjacent to an activating group) is 1. The van der Waals surface area contributed by atoms with Crippen LogP contribution in [0.2, 0.25) is 0 Å². The van der Waals surface area contributed by atoms with Gasteiger partial charge in [0.2, 0.25) is 11.8 Å². The molecule has 0 fully saturated rings. The molecule has 0 aliphatic heterocycles. The molecule has 0 aliphatic carbocycles. The van der Waals surface area contributed by atoms with Crippen LogP contribution in [0.3, 0.4) is 0 Å². The summed E-state index contributed by atoms with van der Waals surface area (Å²) in [7, 11) is 1.57. The number of benzene rings is 1. The van der Waals surface area contributed by atoms with Crippen molar-refractivity contribution in [1.29, 1.82) is 0 Å². The molecule has 0 aliphatic rings. The summed E-state index contributed by atoms with van der Waals surface area (Å²) in [5.41, 5.74) is 2.48. The SMILES string of the molecule is Cc1ccc(C(=O)CCC(=O)N(C)CC(=O)NC(C)(C)C)cc1C. The van der Waals surface area contributed by atoms with E-state index >= 15 is 0 Å². The predicted octanol–water partition coefficient (Wildman–Crippen LogP) is 2.64. The van der Waals surface area contributed by atoms with Crippen molar-refractivity contribution < 1.29 is 14.4 Å². The lowest BCUT2D eigenvalue weighted by Crippen LogP contribution is -2.46. The smallest absolute Gasteiger partial charge is 0.240 e. The van der Waals surface area contributed by atoms with E-state index < -0.39 is 0 Å².